The Morgan fingerprint density at radius 3 is 2.63 bits per heavy atom. The fourth-order valence-electron chi connectivity index (χ4n) is 3.65. The first-order valence-electron chi connectivity index (χ1n) is 9.15. The summed E-state index contributed by atoms with van der Waals surface area (Å²) in [4.78, 5) is 16.0. The van der Waals surface area contributed by atoms with E-state index in [1.54, 1.807) is 18.7 Å². The minimum atomic E-state index is -0.926. The number of aromatic nitrogens is 2. The van der Waals surface area contributed by atoms with E-state index in [4.69, 9.17) is 9.47 Å². The van der Waals surface area contributed by atoms with Crippen LogP contribution in [-0.2, 0) is 7.05 Å². The SMILES string of the molecule is Cc1c(C(=O)O)c(N2CCN(CC3COc4ccccc4O3)CC2)nn1C. The Hall–Kier alpha value is -2.74. The van der Waals surface area contributed by atoms with Crippen LogP contribution in [0.5, 0.6) is 11.5 Å². The molecule has 1 N–H and O–H groups in total. The van der Waals surface area contributed by atoms with Crippen LogP contribution in [0.3, 0.4) is 0 Å². The first-order valence-corrected chi connectivity index (χ1v) is 9.15. The van der Waals surface area contributed by atoms with Gasteiger partial charge in [-0.1, -0.05) is 12.1 Å². The van der Waals surface area contributed by atoms with Gasteiger partial charge in [0.15, 0.2) is 17.3 Å². The lowest BCUT2D eigenvalue weighted by atomic mass is 10.2. The summed E-state index contributed by atoms with van der Waals surface area (Å²) in [7, 11) is 1.78. The number of carboxylic acid groups (broad SMARTS) is 1. The van der Waals surface area contributed by atoms with E-state index in [1.807, 2.05) is 24.3 Å². The van der Waals surface area contributed by atoms with Crippen LogP contribution in [0.25, 0.3) is 0 Å². The Bertz CT molecular complexity index is 842. The van der Waals surface area contributed by atoms with Crippen LogP contribution in [0.15, 0.2) is 24.3 Å². The van der Waals surface area contributed by atoms with Crippen LogP contribution in [-0.4, -0.2) is 71.2 Å². The van der Waals surface area contributed by atoms with Crippen molar-refractivity contribution in [1.82, 2.24) is 14.7 Å². The zero-order valence-electron chi connectivity index (χ0n) is 15.6. The number of fused-ring (bicyclic) bond motifs is 1. The van der Waals surface area contributed by atoms with Crippen molar-refractivity contribution in [2.45, 2.75) is 13.0 Å². The second-order valence-corrected chi connectivity index (χ2v) is 7.00. The van der Waals surface area contributed by atoms with E-state index in [-0.39, 0.29) is 6.10 Å². The molecule has 0 bridgehead atoms. The average molecular weight is 372 g/mol. The Kier molecular flexibility index (Phi) is 4.65. The van der Waals surface area contributed by atoms with E-state index < -0.39 is 5.97 Å². The number of aromatic carboxylic acids is 1. The van der Waals surface area contributed by atoms with Gasteiger partial charge in [-0.25, -0.2) is 4.79 Å². The summed E-state index contributed by atoms with van der Waals surface area (Å²) in [5, 5.41) is 13.9. The van der Waals surface area contributed by atoms with Gasteiger partial charge in [-0.15, -0.1) is 0 Å². The molecule has 0 radical (unpaired) electrons. The zero-order chi connectivity index (χ0) is 19.0. The van der Waals surface area contributed by atoms with Gasteiger partial charge in [0.05, 0.1) is 5.69 Å². The normalized spacial score (nSPS) is 19.9. The molecular weight excluding hydrogens is 348 g/mol. The number of ether oxygens (including phenoxy) is 2. The van der Waals surface area contributed by atoms with E-state index in [0.717, 1.165) is 44.2 Å². The molecule has 4 rings (SSSR count). The molecule has 2 aliphatic heterocycles. The number of piperazine rings is 1. The van der Waals surface area contributed by atoms with Gasteiger partial charge in [0, 0.05) is 39.8 Å². The molecule has 1 aromatic carbocycles. The molecule has 3 heterocycles. The highest BCUT2D eigenvalue weighted by molar-refractivity contribution is 5.94. The fourth-order valence-corrected chi connectivity index (χ4v) is 3.65. The summed E-state index contributed by atoms with van der Waals surface area (Å²) in [6.07, 6.45) is -0.00174. The number of aryl methyl sites for hydroxylation is 1. The van der Waals surface area contributed by atoms with Gasteiger partial charge in [0.25, 0.3) is 0 Å². The van der Waals surface area contributed by atoms with Crippen LogP contribution < -0.4 is 14.4 Å². The molecule has 0 spiro atoms. The molecule has 0 amide bonds. The lowest BCUT2D eigenvalue weighted by molar-refractivity contribution is 0.0570. The zero-order valence-corrected chi connectivity index (χ0v) is 15.6. The van der Waals surface area contributed by atoms with Crippen LogP contribution in [0.2, 0.25) is 0 Å². The summed E-state index contributed by atoms with van der Waals surface area (Å²) in [6, 6.07) is 7.72. The second kappa shape index (κ2) is 7.11. The van der Waals surface area contributed by atoms with Gasteiger partial charge >= 0.3 is 5.97 Å². The molecule has 0 aliphatic carbocycles. The lowest BCUT2D eigenvalue weighted by Gasteiger charge is -2.37. The molecular formula is C19H24N4O4. The standard InChI is InChI=1S/C19H24N4O4/c1-13-17(19(24)25)18(20-21(13)2)23-9-7-22(8-10-23)11-14-12-26-15-5-3-4-6-16(15)27-14/h3-6,14H,7-12H2,1-2H3,(H,24,25). The molecule has 27 heavy (non-hydrogen) atoms. The Labute approximate surface area is 157 Å². The maximum atomic E-state index is 11.6. The maximum absolute atomic E-state index is 11.6. The third-order valence-corrected chi connectivity index (χ3v) is 5.23. The Morgan fingerprint density at radius 1 is 1.22 bits per heavy atom. The largest absolute Gasteiger partial charge is 0.486 e. The highest BCUT2D eigenvalue weighted by Gasteiger charge is 2.29. The minimum absolute atomic E-state index is 0.00174. The highest BCUT2D eigenvalue weighted by atomic mass is 16.6. The van der Waals surface area contributed by atoms with Gasteiger partial charge in [0.2, 0.25) is 0 Å². The highest BCUT2D eigenvalue weighted by Crippen LogP contribution is 2.31. The molecule has 1 fully saturated rings. The average Bonchev–Trinajstić information content (AvgIpc) is 2.97. The van der Waals surface area contributed by atoms with Gasteiger partial charge in [-0.05, 0) is 19.1 Å². The molecule has 2 aliphatic rings. The number of hydrogen-bond acceptors (Lipinski definition) is 6. The molecule has 1 unspecified atom stereocenters. The fraction of sp³-hybridized carbons (Fsp3) is 0.474. The van der Waals surface area contributed by atoms with Crippen molar-refractivity contribution < 1.29 is 19.4 Å². The van der Waals surface area contributed by atoms with Crippen molar-refractivity contribution in [2.75, 3.05) is 44.2 Å². The summed E-state index contributed by atoms with van der Waals surface area (Å²) >= 11 is 0. The van der Waals surface area contributed by atoms with Gasteiger partial charge < -0.3 is 19.5 Å². The Morgan fingerprint density at radius 2 is 1.93 bits per heavy atom. The molecule has 1 aromatic heterocycles. The van der Waals surface area contributed by atoms with Crippen molar-refractivity contribution in [1.29, 1.82) is 0 Å². The Balaban J connectivity index is 1.36. The quantitative estimate of drug-likeness (QED) is 0.869. The van der Waals surface area contributed by atoms with Crippen LogP contribution in [0.1, 0.15) is 16.1 Å². The molecule has 8 heteroatoms. The van der Waals surface area contributed by atoms with Gasteiger partial charge in [0.1, 0.15) is 18.3 Å². The molecule has 1 atom stereocenters. The van der Waals surface area contributed by atoms with E-state index >= 15 is 0 Å². The number of anilines is 1. The summed E-state index contributed by atoms with van der Waals surface area (Å²) in [5.41, 5.74) is 0.970. The van der Waals surface area contributed by atoms with Gasteiger partial charge in [-0.3, -0.25) is 9.58 Å². The van der Waals surface area contributed by atoms with E-state index in [1.165, 1.54) is 0 Å². The first kappa shape index (κ1) is 17.7. The topological polar surface area (TPSA) is 80.1 Å². The van der Waals surface area contributed by atoms with E-state index in [2.05, 4.69) is 14.9 Å². The summed E-state index contributed by atoms with van der Waals surface area (Å²) in [6.45, 7) is 6.25. The number of carbonyl (C=O) groups is 1. The number of benzene rings is 1. The minimum Gasteiger partial charge on any atom is -0.486 e. The van der Waals surface area contributed by atoms with E-state index in [0.29, 0.717) is 23.7 Å². The monoisotopic (exact) mass is 372 g/mol. The van der Waals surface area contributed by atoms with Crippen molar-refractivity contribution >= 4 is 11.8 Å². The number of rotatable bonds is 4. The number of para-hydroxylation sites is 2. The predicted octanol–water partition coefficient (Wildman–Crippen LogP) is 1.39. The molecule has 0 saturated carbocycles. The number of nitrogens with zero attached hydrogens (tertiary/aromatic N) is 4. The molecule has 144 valence electrons. The second-order valence-electron chi connectivity index (χ2n) is 7.00. The van der Waals surface area contributed by atoms with Gasteiger partial charge in [-0.2, -0.15) is 5.10 Å². The van der Waals surface area contributed by atoms with Crippen molar-refractivity contribution in [3.05, 3.63) is 35.5 Å². The third-order valence-electron chi connectivity index (χ3n) is 5.23. The lowest BCUT2D eigenvalue weighted by Crippen LogP contribution is -2.51. The van der Waals surface area contributed by atoms with Crippen molar-refractivity contribution in [3.8, 4) is 11.5 Å². The number of carboxylic acids is 1. The van der Waals surface area contributed by atoms with Crippen molar-refractivity contribution in [3.63, 3.8) is 0 Å². The number of hydrogen-bond donors (Lipinski definition) is 1. The first-order chi connectivity index (χ1) is 13.0. The van der Waals surface area contributed by atoms with Crippen LogP contribution in [0.4, 0.5) is 5.82 Å². The summed E-state index contributed by atoms with van der Waals surface area (Å²) < 4.78 is 13.5. The molecule has 2 aromatic rings. The van der Waals surface area contributed by atoms with E-state index in [9.17, 15) is 9.90 Å². The van der Waals surface area contributed by atoms with Crippen LogP contribution >= 0.6 is 0 Å². The molecule has 8 nitrogen and oxygen atoms in total. The third kappa shape index (κ3) is 3.44. The van der Waals surface area contributed by atoms with Crippen molar-refractivity contribution in [2.24, 2.45) is 7.05 Å². The van der Waals surface area contributed by atoms with Crippen LogP contribution in [0, 0.1) is 6.92 Å². The summed E-state index contributed by atoms with van der Waals surface area (Å²) in [5.74, 6) is 1.23. The maximum Gasteiger partial charge on any atom is 0.341 e. The molecule has 1 saturated heterocycles. The smallest absolute Gasteiger partial charge is 0.341 e. The predicted molar refractivity (Wildman–Crippen MR) is 99.9 cm³/mol.